The van der Waals surface area contributed by atoms with Gasteiger partial charge >= 0.3 is 0 Å². The standard InChI is InChI=1S/C21H17ClN4O2S/c1-28-17-11-12-26(25-17)21-24-18(15-5-3-2-4-6-15)19(29-21)20(27)23-13-14-7-9-16(22)10-8-14/h2-12H,13H2,1H3,(H,23,27). The molecular formula is C21H17ClN4O2S. The molecule has 0 saturated heterocycles. The fourth-order valence-electron chi connectivity index (χ4n) is 2.74. The number of methoxy groups -OCH3 is 1. The Hall–Kier alpha value is -3.16. The van der Waals surface area contributed by atoms with E-state index in [4.69, 9.17) is 16.3 Å². The average molecular weight is 425 g/mol. The molecule has 6 nitrogen and oxygen atoms in total. The molecule has 1 N–H and O–H groups in total. The summed E-state index contributed by atoms with van der Waals surface area (Å²) in [6.45, 7) is 0.396. The maximum Gasteiger partial charge on any atom is 0.264 e. The molecule has 0 aliphatic heterocycles. The summed E-state index contributed by atoms with van der Waals surface area (Å²) < 4.78 is 6.74. The van der Waals surface area contributed by atoms with Gasteiger partial charge in [0, 0.05) is 29.4 Å². The number of nitrogens with one attached hydrogen (secondary N) is 1. The van der Waals surface area contributed by atoms with Gasteiger partial charge in [0.15, 0.2) is 0 Å². The highest BCUT2D eigenvalue weighted by molar-refractivity contribution is 7.16. The van der Waals surface area contributed by atoms with Gasteiger partial charge in [0.2, 0.25) is 11.0 Å². The Morgan fingerprint density at radius 3 is 2.59 bits per heavy atom. The van der Waals surface area contributed by atoms with Gasteiger partial charge in [0.05, 0.1) is 12.8 Å². The molecule has 2 aromatic heterocycles. The van der Waals surface area contributed by atoms with E-state index in [-0.39, 0.29) is 5.91 Å². The van der Waals surface area contributed by atoms with Crippen LogP contribution in [0.3, 0.4) is 0 Å². The number of carbonyl (C=O) groups excluding carboxylic acids is 1. The molecule has 0 atom stereocenters. The van der Waals surface area contributed by atoms with Crippen molar-refractivity contribution in [3.63, 3.8) is 0 Å². The van der Waals surface area contributed by atoms with Crippen molar-refractivity contribution in [2.45, 2.75) is 6.54 Å². The summed E-state index contributed by atoms with van der Waals surface area (Å²) in [5.41, 5.74) is 2.45. The lowest BCUT2D eigenvalue weighted by Crippen LogP contribution is -2.22. The van der Waals surface area contributed by atoms with E-state index >= 15 is 0 Å². The van der Waals surface area contributed by atoms with Crippen LogP contribution in [-0.4, -0.2) is 27.8 Å². The highest BCUT2D eigenvalue weighted by Gasteiger charge is 2.20. The number of halogens is 1. The van der Waals surface area contributed by atoms with E-state index in [1.807, 2.05) is 42.5 Å². The molecule has 1 amide bonds. The zero-order valence-electron chi connectivity index (χ0n) is 15.5. The minimum absolute atomic E-state index is 0.193. The van der Waals surface area contributed by atoms with Crippen LogP contribution in [0.25, 0.3) is 16.4 Å². The first-order valence-electron chi connectivity index (χ1n) is 8.83. The first-order chi connectivity index (χ1) is 14.1. The van der Waals surface area contributed by atoms with E-state index in [0.29, 0.717) is 33.2 Å². The Balaban J connectivity index is 1.64. The Bertz CT molecular complexity index is 1120. The molecule has 0 aliphatic carbocycles. The maximum atomic E-state index is 13.0. The van der Waals surface area contributed by atoms with Crippen LogP contribution < -0.4 is 10.1 Å². The molecule has 2 aromatic carbocycles. The summed E-state index contributed by atoms with van der Waals surface area (Å²) in [5, 5.41) is 8.51. The van der Waals surface area contributed by atoms with E-state index in [9.17, 15) is 4.79 Å². The quantitative estimate of drug-likeness (QED) is 0.491. The van der Waals surface area contributed by atoms with Crippen molar-refractivity contribution in [3.8, 4) is 22.3 Å². The van der Waals surface area contributed by atoms with Gasteiger partial charge in [0.25, 0.3) is 5.91 Å². The summed E-state index contributed by atoms with van der Waals surface area (Å²) in [6.07, 6.45) is 1.75. The second-order valence-electron chi connectivity index (χ2n) is 6.15. The summed E-state index contributed by atoms with van der Waals surface area (Å²) >= 11 is 7.20. The molecule has 4 aromatic rings. The molecule has 146 valence electrons. The second kappa shape index (κ2) is 8.46. The molecule has 0 fully saturated rings. The van der Waals surface area contributed by atoms with Crippen molar-refractivity contribution < 1.29 is 9.53 Å². The molecule has 0 saturated carbocycles. The van der Waals surface area contributed by atoms with Gasteiger partial charge in [-0.2, -0.15) is 0 Å². The van der Waals surface area contributed by atoms with E-state index in [1.165, 1.54) is 11.3 Å². The van der Waals surface area contributed by atoms with Gasteiger partial charge in [-0.15, -0.1) is 5.10 Å². The first kappa shape index (κ1) is 19.2. The predicted molar refractivity (Wildman–Crippen MR) is 114 cm³/mol. The lowest BCUT2D eigenvalue weighted by Gasteiger charge is -2.06. The third kappa shape index (κ3) is 4.31. The molecule has 0 spiro atoms. The van der Waals surface area contributed by atoms with Gasteiger partial charge in [-0.1, -0.05) is 65.4 Å². The van der Waals surface area contributed by atoms with Crippen molar-refractivity contribution in [2.75, 3.05) is 7.11 Å². The summed E-state index contributed by atoms with van der Waals surface area (Å²) in [7, 11) is 1.56. The largest absolute Gasteiger partial charge is 0.480 e. The van der Waals surface area contributed by atoms with Crippen molar-refractivity contribution in [2.24, 2.45) is 0 Å². The van der Waals surface area contributed by atoms with Crippen LogP contribution in [0.15, 0.2) is 66.9 Å². The number of thiazole rings is 1. The zero-order chi connectivity index (χ0) is 20.2. The Morgan fingerprint density at radius 2 is 1.90 bits per heavy atom. The molecule has 0 bridgehead atoms. The Kier molecular flexibility index (Phi) is 5.59. The molecule has 8 heteroatoms. The van der Waals surface area contributed by atoms with Crippen molar-refractivity contribution >= 4 is 28.8 Å². The predicted octanol–water partition coefficient (Wildman–Crippen LogP) is 4.59. The van der Waals surface area contributed by atoms with Gasteiger partial charge < -0.3 is 10.1 Å². The minimum Gasteiger partial charge on any atom is -0.480 e. The summed E-state index contributed by atoms with van der Waals surface area (Å²) in [4.78, 5) is 18.2. The number of benzene rings is 2. The number of hydrogen-bond donors (Lipinski definition) is 1. The number of ether oxygens (including phenoxy) is 1. The molecule has 0 aliphatic rings. The number of carbonyl (C=O) groups is 1. The molecular weight excluding hydrogens is 408 g/mol. The van der Waals surface area contributed by atoms with Crippen molar-refractivity contribution in [1.29, 1.82) is 0 Å². The highest BCUT2D eigenvalue weighted by atomic mass is 35.5. The van der Waals surface area contributed by atoms with Crippen LogP contribution in [0, 0.1) is 0 Å². The van der Waals surface area contributed by atoms with Crippen LogP contribution >= 0.6 is 22.9 Å². The molecule has 0 radical (unpaired) electrons. The summed E-state index contributed by atoms with van der Waals surface area (Å²) in [6, 6.07) is 18.7. The lowest BCUT2D eigenvalue weighted by molar-refractivity contribution is 0.0955. The third-order valence-corrected chi connectivity index (χ3v) is 5.50. The SMILES string of the molecule is COc1ccn(-c2nc(-c3ccccc3)c(C(=O)NCc3ccc(Cl)cc3)s2)n1. The lowest BCUT2D eigenvalue weighted by atomic mass is 10.1. The minimum atomic E-state index is -0.193. The first-order valence-corrected chi connectivity index (χ1v) is 10.0. The Labute approximate surface area is 176 Å². The third-order valence-electron chi connectivity index (χ3n) is 4.21. The fraction of sp³-hybridized carbons (Fsp3) is 0.0952. The number of rotatable bonds is 6. The summed E-state index contributed by atoms with van der Waals surface area (Å²) in [5.74, 6) is 0.289. The van der Waals surface area contributed by atoms with E-state index < -0.39 is 0 Å². The molecule has 0 unspecified atom stereocenters. The maximum absolute atomic E-state index is 13.0. The monoisotopic (exact) mass is 424 g/mol. The zero-order valence-corrected chi connectivity index (χ0v) is 17.1. The van der Waals surface area contributed by atoms with Crippen LogP contribution in [0.1, 0.15) is 15.2 Å². The van der Waals surface area contributed by atoms with Crippen LogP contribution in [0.2, 0.25) is 5.02 Å². The van der Waals surface area contributed by atoms with E-state index in [2.05, 4.69) is 15.4 Å². The second-order valence-corrected chi connectivity index (χ2v) is 7.57. The van der Waals surface area contributed by atoms with E-state index in [0.717, 1.165) is 11.1 Å². The smallest absolute Gasteiger partial charge is 0.264 e. The van der Waals surface area contributed by atoms with Crippen LogP contribution in [-0.2, 0) is 6.54 Å². The number of amides is 1. The van der Waals surface area contributed by atoms with Crippen molar-refractivity contribution in [3.05, 3.63) is 82.3 Å². The normalized spacial score (nSPS) is 10.7. The highest BCUT2D eigenvalue weighted by Crippen LogP contribution is 2.30. The number of aromatic nitrogens is 3. The van der Waals surface area contributed by atoms with Gasteiger partial charge in [-0.05, 0) is 17.7 Å². The topological polar surface area (TPSA) is 69.0 Å². The average Bonchev–Trinajstić information content (AvgIpc) is 3.41. The molecule has 2 heterocycles. The fourth-order valence-corrected chi connectivity index (χ4v) is 3.81. The van der Waals surface area contributed by atoms with Crippen LogP contribution in [0.5, 0.6) is 5.88 Å². The van der Waals surface area contributed by atoms with Gasteiger partial charge in [0.1, 0.15) is 4.88 Å². The van der Waals surface area contributed by atoms with Gasteiger partial charge in [-0.3, -0.25) is 4.79 Å². The van der Waals surface area contributed by atoms with Crippen LogP contribution in [0.4, 0.5) is 0 Å². The Morgan fingerprint density at radius 1 is 1.14 bits per heavy atom. The molecule has 29 heavy (non-hydrogen) atoms. The number of hydrogen-bond acceptors (Lipinski definition) is 5. The van der Waals surface area contributed by atoms with Gasteiger partial charge in [-0.25, -0.2) is 9.67 Å². The number of nitrogens with zero attached hydrogens (tertiary/aromatic N) is 3. The van der Waals surface area contributed by atoms with Crippen molar-refractivity contribution in [1.82, 2.24) is 20.1 Å². The molecule has 4 rings (SSSR count). The van der Waals surface area contributed by atoms with E-state index in [1.54, 1.807) is 36.2 Å².